The zero-order valence-corrected chi connectivity index (χ0v) is 18.9. The van der Waals surface area contributed by atoms with Crippen LogP contribution in [0.1, 0.15) is 16.7 Å². The summed E-state index contributed by atoms with van der Waals surface area (Å²) >= 11 is 1.71. The molecule has 0 atom stereocenters. The summed E-state index contributed by atoms with van der Waals surface area (Å²) in [4.78, 5) is 1.16. The van der Waals surface area contributed by atoms with Crippen LogP contribution in [0.4, 0.5) is 13.2 Å². The average Bonchev–Trinajstić information content (AvgIpc) is 2.81. The molecule has 0 aliphatic carbocycles. The molecule has 0 saturated carbocycles. The molecule has 0 saturated heterocycles. The number of benzene rings is 4. The van der Waals surface area contributed by atoms with Crippen LogP contribution in [0.2, 0.25) is 0 Å². The fraction of sp³-hybridized carbons (Fsp3) is 0.143. The van der Waals surface area contributed by atoms with Crippen molar-refractivity contribution in [2.24, 2.45) is 0 Å². The summed E-state index contributed by atoms with van der Waals surface area (Å²) in [6.45, 7) is 2.35. The van der Waals surface area contributed by atoms with Crippen molar-refractivity contribution in [1.29, 1.82) is 0 Å². The SMILES string of the molecule is Cc1cccc(SCC(=Cc2cccc3ccccc23)COc2ccc(C(F)(F)F)cc2)c1. The Morgan fingerprint density at radius 2 is 1.61 bits per heavy atom. The monoisotopic (exact) mass is 464 g/mol. The van der Waals surface area contributed by atoms with Gasteiger partial charge in [-0.1, -0.05) is 66.2 Å². The second-order valence-corrected chi connectivity index (χ2v) is 8.84. The Kier molecular flexibility index (Phi) is 7.09. The van der Waals surface area contributed by atoms with Gasteiger partial charge in [0, 0.05) is 10.6 Å². The van der Waals surface area contributed by atoms with E-state index in [1.807, 2.05) is 24.3 Å². The quantitative estimate of drug-likeness (QED) is 0.254. The van der Waals surface area contributed by atoms with Crippen LogP contribution >= 0.6 is 11.8 Å². The van der Waals surface area contributed by atoms with E-state index in [2.05, 4.69) is 55.5 Å². The van der Waals surface area contributed by atoms with Gasteiger partial charge in [-0.25, -0.2) is 0 Å². The fourth-order valence-electron chi connectivity index (χ4n) is 3.52. The highest BCUT2D eigenvalue weighted by Crippen LogP contribution is 2.31. The normalized spacial score (nSPS) is 12.2. The number of ether oxygens (including phenoxy) is 1. The predicted octanol–water partition coefficient (Wildman–Crippen LogP) is 8.42. The highest BCUT2D eigenvalue weighted by molar-refractivity contribution is 7.99. The highest BCUT2D eigenvalue weighted by Gasteiger charge is 2.30. The van der Waals surface area contributed by atoms with Gasteiger partial charge >= 0.3 is 6.18 Å². The molecular weight excluding hydrogens is 441 g/mol. The summed E-state index contributed by atoms with van der Waals surface area (Å²) in [5, 5.41) is 2.30. The van der Waals surface area contributed by atoms with Crippen LogP contribution in [-0.2, 0) is 6.18 Å². The van der Waals surface area contributed by atoms with Crippen molar-refractivity contribution in [3.05, 3.63) is 113 Å². The van der Waals surface area contributed by atoms with E-state index in [0.717, 1.165) is 38.9 Å². The van der Waals surface area contributed by atoms with Crippen LogP contribution in [0.3, 0.4) is 0 Å². The van der Waals surface area contributed by atoms with E-state index in [9.17, 15) is 13.2 Å². The van der Waals surface area contributed by atoms with E-state index in [1.54, 1.807) is 11.8 Å². The summed E-state index contributed by atoms with van der Waals surface area (Å²) in [6, 6.07) is 27.5. The van der Waals surface area contributed by atoms with Gasteiger partial charge in [0.25, 0.3) is 0 Å². The van der Waals surface area contributed by atoms with Crippen molar-refractivity contribution >= 4 is 28.6 Å². The molecule has 0 spiro atoms. The zero-order chi connectivity index (χ0) is 23.3. The Morgan fingerprint density at radius 1 is 0.879 bits per heavy atom. The molecule has 0 amide bonds. The molecule has 168 valence electrons. The predicted molar refractivity (Wildman–Crippen MR) is 131 cm³/mol. The molecule has 33 heavy (non-hydrogen) atoms. The van der Waals surface area contributed by atoms with Crippen LogP contribution in [0.5, 0.6) is 5.75 Å². The van der Waals surface area contributed by atoms with E-state index in [1.165, 1.54) is 17.7 Å². The van der Waals surface area contributed by atoms with E-state index in [4.69, 9.17) is 4.74 Å². The van der Waals surface area contributed by atoms with Gasteiger partial charge in [0.05, 0.1) is 5.56 Å². The molecule has 4 aromatic carbocycles. The molecule has 4 aromatic rings. The molecular formula is C28H23F3OS. The summed E-state index contributed by atoms with van der Waals surface area (Å²) in [5.41, 5.74) is 2.64. The lowest BCUT2D eigenvalue weighted by Crippen LogP contribution is -2.06. The number of hydrogen-bond donors (Lipinski definition) is 0. The molecule has 0 unspecified atom stereocenters. The van der Waals surface area contributed by atoms with E-state index < -0.39 is 11.7 Å². The molecule has 4 rings (SSSR count). The van der Waals surface area contributed by atoms with Crippen molar-refractivity contribution in [3.8, 4) is 5.75 Å². The van der Waals surface area contributed by atoms with E-state index in [-0.39, 0.29) is 6.61 Å². The molecule has 0 fully saturated rings. The molecule has 1 nitrogen and oxygen atoms in total. The van der Waals surface area contributed by atoms with Gasteiger partial charge < -0.3 is 4.74 Å². The number of hydrogen-bond acceptors (Lipinski definition) is 2. The lowest BCUT2D eigenvalue weighted by molar-refractivity contribution is -0.137. The van der Waals surface area contributed by atoms with Crippen LogP contribution < -0.4 is 4.74 Å². The number of fused-ring (bicyclic) bond motifs is 1. The summed E-state index contributed by atoms with van der Waals surface area (Å²) in [5.74, 6) is 1.11. The van der Waals surface area contributed by atoms with E-state index >= 15 is 0 Å². The summed E-state index contributed by atoms with van der Waals surface area (Å²) in [6.07, 6.45) is -2.24. The highest BCUT2D eigenvalue weighted by atomic mass is 32.2. The first kappa shape index (κ1) is 23.0. The van der Waals surface area contributed by atoms with Crippen LogP contribution in [0.25, 0.3) is 16.8 Å². The Labute approximate surface area is 195 Å². The van der Waals surface area contributed by atoms with Crippen molar-refractivity contribution in [2.75, 3.05) is 12.4 Å². The first-order chi connectivity index (χ1) is 15.9. The van der Waals surface area contributed by atoms with Crippen LogP contribution in [0, 0.1) is 6.92 Å². The van der Waals surface area contributed by atoms with E-state index in [0.29, 0.717) is 11.5 Å². The van der Waals surface area contributed by atoms with Crippen molar-refractivity contribution < 1.29 is 17.9 Å². The minimum absolute atomic E-state index is 0.285. The Hall–Kier alpha value is -3.18. The lowest BCUT2D eigenvalue weighted by atomic mass is 10.0. The van der Waals surface area contributed by atoms with Crippen LogP contribution in [0.15, 0.2) is 101 Å². The molecule has 0 aromatic heterocycles. The van der Waals surface area contributed by atoms with Crippen molar-refractivity contribution in [3.63, 3.8) is 0 Å². The maximum atomic E-state index is 12.8. The van der Waals surface area contributed by atoms with Gasteiger partial charge in [-0.05, 0) is 65.2 Å². The molecule has 0 bridgehead atoms. The lowest BCUT2D eigenvalue weighted by Gasteiger charge is -2.13. The number of thioether (sulfide) groups is 1. The van der Waals surface area contributed by atoms with Gasteiger partial charge in [-0.3, -0.25) is 0 Å². The second kappa shape index (κ2) is 10.2. The third-order valence-electron chi connectivity index (χ3n) is 5.20. The van der Waals surface area contributed by atoms with Gasteiger partial charge in [0.2, 0.25) is 0 Å². The number of halogens is 3. The molecule has 0 radical (unpaired) electrons. The third kappa shape index (κ3) is 6.20. The van der Waals surface area contributed by atoms with Crippen LogP contribution in [-0.4, -0.2) is 12.4 Å². The Balaban J connectivity index is 1.57. The first-order valence-corrected chi connectivity index (χ1v) is 11.5. The minimum Gasteiger partial charge on any atom is -0.489 e. The first-order valence-electron chi connectivity index (χ1n) is 10.6. The fourth-order valence-corrected chi connectivity index (χ4v) is 4.48. The zero-order valence-electron chi connectivity index (χ0n) is 18.1. The number of aryl methyl sites for hydroxylation is 1. The molecule has 0 heterocycles. The molecule has 0 N–H and O–H groups in total. The average molecular weight is 465 g/mol. The van der Waals surface area contributed by atoms with Crippen molar-refractivity contribution in [1.82, 2.24) is 0 Å². The number of rotatable bonds is 7. The largest absolute Gasteiger partial charge is 0.489 e. The maximum absolute atomic E-state index is 12.8. The van der Waals surface area contributed by atoms with Gasteiger partial charge in [-0.2, -0.15) is 13.2 Å². The van der Waals surface area contributed by atoms with Gasteiger partial charge in [0.15, 0.2) is 0 Å². The number of alkyl halides is 3. The molecule has 5 heteroatoms. The standard InChI is InChI=1S/C28H23F3OS/c1-20-6-4-10-26(16-20)33-19-21(17-23-9-5-8-22-7-2-3-11-27(22)23)18-32-25-14-12-24(13-15-25)28(29,30)31/h2-17H,18-19H2,1H3. The Morgan fingerprint density at radius 3 is 2.36 bits per heavy atom. The maximum Gasteiger partial charge on any atom is 0.416 e. The Bertz CT molecular complexity index is 1250. The second-order valence-electron chi connectivity index (χ2n) is 7.79. The minimum atomic E-state index is -4.36. The smallest absolute Gasteiger partial charge is 0.416 e. The topological polar surface area (TPSA) is 9.23 Å². The molecule has 0 aliphatic heterocycles. The van der Waals surface area contributed by atoms with Gasteiger partial charge in [0.1, 0.15) is 12.4 Å². The molecule has 0 aliphatic rings. The van der Waals surface area contributed by atoms with Gasteiger partial charge in [-0.15, -0.1) is 11.8 Å². The summed E-state index contributed by atoms with van der Waals surface area (Å²) in [7, 11) is 0. The summed E-state index contributed by atoms with van der Waals surface area (Å²) < 4.78 is 44.4. The van der Waals surface area contributed by atoms with Crippen molar-refractivity contribution in [2.45, 2.75) is 18.0 Å². The third-order valence-corrected chi connectivity index (χ3v) is 6.31.